The van der Waals surface area contributed by atoms with E-state index < -0.39 is 12.0 Å². The van der Waals surface area contributed by atoms with Crippen LogP contribution in [-0.4, -0.2) is 47.1 Å². The number of carbonyl (C=O) groups is 2. The van der Waals surface area contributed by atoms with Crippen LogP contribution in [0, 0.1) is 11.8 Å². The number of piperazine rings is 1. The lowest BCUT2D eigenvalue weighted by Crippen LogP contribution is -2.61. The summed E-state index contributed by atoms with van der Waals surface area (Å²) in [6.07, 6.45) is 2.11. The van der Waals surface area contributed by atoms with Gasteiger partial charge in [-0.2, -0.15) is 0 Å². The molecular weight excluding hydrogens is 232 g/mol. The number of nitrogens with one attached hydrogen (secondary N) is 1. The highest BCUT2D eigenvalue weighted by atomic mass is 16.4. The molecule has 0 radical (unpaired) electrons. The lowest BCUT2D eigenvalue weighted by molar-refractivity contribution is -0.145. The van der Waals surface area contributed by atoms with E-state index in [1.54, 1.807) is 0 Å². The lowest BCUT2D eigenvalue weighted by Gasteiger charge is -2.48. The molecule has 18 heavy (non-hydrogen) atoms. The Kier molecular flexibility index (Phi) is 3.90. The number of carboxylic acids is 1. The molecule has 1 atom stereocenters. The van der Waals surface area contributed by atoms with Crippen molar-refractivity contribution < 1.29 is 14.7 Å². The van der Waals surface area contributed by atoms with Crippen molar-refractivity contribution in [1.82, 2.24) is 10.2 Å². The Morgan fingerprint density at radius 1 is 1.50 bits per heavy atom. The number of nitrogens with zero attached hydrogens (tertiary/aromatic N) is 1. The molecule has 0 bridgehead atoms. The SMILES string of the molecule is CC(C)C1CC(N2CCNC(=O)C2CC(=O)O)C1. The summed E-state index contributed by atoms with van der Waals surface area (Å²) in [5, 5.41) is 11.7. The molecule has 0 aromatic heterocycles. The van der Waals surface area contributed by atoms with Crippen molar-refractivity contribution in [3.63, 3.8) is 0 Å². The normalized spacial score (nSPS) is 33.1. The molecular formula is C13H22N2O3. The molecule has 0 aromatic carbocycles. The summed E-state index contributed by atoms with van der Waals surface area (Å²) < 4.78 is 0. The summed E-state index contributed by atoms with van der Waals surface area (Å²) in [7, 11) is 0. The predicted octanol–water partition coefficient (Wildman–Crippen LogP) is 0.696. The first kappa shape index (κ1) is 13.3. The third kappa shape index (κ3) is 2.66. The van der Waals surface area contributed by atoms with Gasteiger partial charge in [0.1, 0.15) is 0 Å². The molecule has 5 nitrogen and oxygen atoms in total. The number of carboxylic acid groups (broad SMARTS) is 1. The molecule has 0 aromatic rings. The van der Waals surface area contributed by atoms with E-state index in [9.17, 15) is 9.59 Å². The zero-order valence-electron chi connectivity index (χ0n) is 11.1. The second kappa shape index (κ2) is 5.26. The van der Waals surface area contributed by atoms with E-state index in [1.807, 2.05) is 0 Å². The zero-order chi connectivity index (χ0) is 13.3. The van der Waals surface area contributed by atoms with Crippen LogP contribution in [0.5, 0.6) is 0 Å². The Balaban J connectivity index is 1.97. The standard InChI is InChI=1S/C13H22N2O3/c1-8(2)9-5-10(6-9)15-4-3-14-13(18)11(15)7-12(16)17/h8-11H,3-7H2,1-2H3,(H,14,18)(H,16,17). The van der Waals surface area contributed by atoms with Crippen LogP contribution >= 0.6 is 0 Å². The van der Waals surface area contributed by atoms with Gasteiger partial charge >= 0.3 is 5.97 Å². The van der Waals surface area contributed by atoms with Crippen LogP contribution in [0.1, 0.15) is 33.1 Å². The van der Waals surface area contributed by atoms with E-state index in [0.717, 1.165) is 25.3 Å². The highest BCUT2D eigenvalue weighted by Crippen LogP contribution is 2.38. The second-order valence-corrected chi connectivity index (χ2v) is 5.77. The lowest BCUT2D eigenvalue weighted by atomic mass is 9.72. The quantitative estimate of drug-likeness (QED) is 0.774. The molecule has 1 unspecified atom stereocenters. The number of amides is 1. The fourth-order valence-electron chi connectivity index (χ4n) is 2.99. The van der Waals surface area contributed by atoms with E-state index >= 15 is 0 Å². The highest BCUT2D eigenvalue weighted by molar-refractivity contribution is 5.86. The van der Waals surface area contributed by atoms with Gasteiger partial charge in [0, 0.05) is 19.1 Å². The molecule has 1 saturated heterocycles. The molecule has 1 heterocycles. The molecule has 1 aliphatic heterocycles. The third-order valence-electron chi connectivity index (χ3n) is 4.30. The fraction of sp³-hybridized carbons (Fsp3) is 0.846. The number of rotatable bonds is 4. The molecule has 2 fully saturated rings. The van der Waals surface area contributed by atoms with Crippen molar-refractivity contribution in [3.8, 4) is 0 Å². The topological polar surface area (TPSA) is 69.6 Å². The van der Waals surface area contributed by atoms with Crippen molar-refractivity contribution in [3.05, 3.63) is 0 Å². The first-order valence-corrected chi connectivity index (χ1v) is 6.74. The molecule has 1 amide bonds. The van der Waals surface area contributed by atoms with E-state index in [1.165, 1.54) is 0 Å². The van der Waals surface area contributed by atoms with E-state index in [2.05, 4.69) is 24.1 Å². The maximum absolute atomic E-state index is 11.8. The molecule has 5 heteroatoms. The first-order chi connectivity index (χ1) is 8.49. The maximum Gasteiger partial charge on any atom is 0.305 e. The molecule has 1 saturated carbocycles. The monoisotopic (exact) mass is 254 g/mol. The number of carbonyl (C=O) groups excluding carboxylic acids is 1. The molecule has 2 N–H and O–H groups in total. The van der Waals surface area contributed by atoms with Crippen molar-refractivity contribution in [2.45, 2.75) is 45.2 Å². The maximum atomic E-state index is 11.8. The summed E-state index contributed by atoms with van der Waals surface area (Å²) >= 11 is 0. The average molecular weight is 254 g/mol. The van der Waals surface area contributed by atoms with Crippen molar-refractivity contribution >= 4 is 11.9 Å². The number of hydrogen-bond donors (Lipinski definition) is 2. The molecule has 2 aliphatic rings. The summed E-state index contributed by atoms with van der Waals surface area (Å²) in [4.78, 5) is 24.7. The summed E-state index contributed by atoms with van der Waals surface area (Å²) in [6, 6.07) is -0.0813. The Morgan fingerprint density at radius 3 is 2.72 bits per heavy atom. The van der Waals surface area contributed by atoms with E-state index in [0.29, 0.717) is 18.5 Å². The van der Waals surface area contributed by atoms with Crippen LogP contribution in [0.3, 0.4) is 0 Å². The average Bonchev–Trinajstić information content (AvgIpc) is 2.19. The smallest absolute Gasteiger partial charge is 0.305 e. The largest absolute Gasteiger partial charge is 0.481 e. The summed E-state index contributed by atoms with van der Waals surface area (Å²) in [5.74, 6) is 0.377. The number of aliphatic carboxylic acids is 1. The Bertz CT molecular complexity index is 337. The van der Waals surface area contributed by atoms with Crippen LogP contribution in [0.15, 0.2) is 0 Å². The minimum Gasteiger partial charge on any atom is -0.481 e. The van der Waals surface area contributed by atoms with Gasteiger partial charge in [-0.15, -0.1) is 0 Å². The van der Waals surface area contributed by atoms with Crippen molar-refractivity contribution in [2.24, 2.45) is 11.8 Å². The van der Waals surface area contributed by atoms with Crippen LogP contribution < -0.4 is 5.32 Å². The van der Waals surface area contributed by atoms with Gasteiger partial charge in [-0.25, -0.2) is 0 Å². The first-order valence-electron chi connectivity index (χ1n) is 6.74. The third-order valence-corrected chi connectivity index (χ3v) is 4.30. The molecule has 102 valence electrons. The van der Waals surface area contributed by atoms with Gasteiger partial charge in [-0.1, -0.05) is 13.8 Å². The number of hydrogen-bond acceptors (Lipinski definition) is 3. The van der Waals surface area contributed by atoms with Crippen LogP contribution in [0.2, 0.25) is 0 Å². The fourth-order valence-corrected chi connectivity index (χ4v) is 2.99. The summed E-state index contributed by atoms with van der Waals surface area (Å²) in [6.45, 7) is 5.86. The van der Waals surface area contributed by atoms with Crippen LogP contribution in [0.4, 0.5) is 0 Å². The van der Waals surface area contributed by atoms with Gasteiger partial charge in [0.25, 0.3) is 0 Å². The molecule has 2 rings (SSSR count). The highest BCUT2D eigenvalue weighted by Gasteiger charge is 2.42. The minimum absolute atomic E-state index is 0.0886. The predicted molar refractivity (Wildman–Crippen MR) is 67.1 cm³/mol. The van der Waals surface area contributed by atoms with Gasteiger partial charge in [-0.05, 0) is 24.7 Å². The Morgan fingerprint density at radius 2 is 2.17 bits per heavy atom. The Labute approximate surface area is 108 Å². The van der Waals surface area contributed by atoms with Crippen LogP contribution in [0.25, 0.3) is 0 Å². The van der Waals surface area contributed by atoms with E-state index in [-0.39, 0.29) is 12.3 Å². The minimum atomic E-state index is -0.901. The van der Waals surface area contributed by atoms with Crippen molar-refractivity contribution in [2.75, 3.05) is 13.1 Å². The van der Waals surface area contributed by atoms with Gasteiger partial charge in [0.05, 0.1) is 12.5 Å². The molecule has 1 aliphatic carbocycles. The van der Waals surface area contributed by atoms with Gasteiger partial charge < -0.3 is 10.4 Å². The van der Waals surface area contributed by atoms with Crippen molar-refractivity contribution in [1.29, 1.82) is 0 Å². The summed E-state index contributed by atoms with van der Waals surface area (Å²) in [5.41, 5.74) is 0. The van der Waals surface area contributed by atoms with Gasteiger partial charge in [0.15, 0.2) is 0 Å². The van der Waals surface area contributed by atoms with E-state index in [4.69, 9.17) is 5.11 Å². The second-order valence-electron chi connectivity index (χ2n) is 5.77. The Hall–Kier alpha value is -1.10. The van der Waals surface area contributed by atoms with Gasteiger partial charge in [-0.3, -0.25) is 14.5 Å². The van der Waals surface area contributed by atoms with Crippen LogP contribution in [-0.2, 0) is 9.59 Å². The molecule has 0 spiro atoms. The zero-order valence-corrected chi connectivity index (χ0v) is 11.1. The van der Waals surface area contributed by atoms with Gasteiger partial charge in [0.2, 0.25) is 5.91 Å².